The van der Waals surface area contributed by atoms with Gasteiger partial charge in [0.05, 0.1) is 16.7 Å². The summed E-state index contributed by atoms with van der Waals surface area (Å²) in [6, 6.07) is 9.43. The largest absolute Gasteiger partial charge is 0.269 e. The minimum absolute atomic E-state index is 0.0290. The second kappa shape index (κ2) is 5.53. The van der Waals surface area contributed by atoms with Crippen LogP contribution in [0.25, 0.3) is 0 Å². The van der Waals surface area contributed by atoms with E-state index < -0.39 is 0 Å². The second-order valence-corrected chi connectivity index (χ2v) is 10.2. The van der Waals surface area contributed by atoms with Crippen LogP contribution in [0.5, 0.6) is 0 Å². The van der Waals surface area contributed by atoms with Crippen molar-refractivity contribution < 1.29 is 9.59 Å². The van der Waals surface area contributed by atoms with Gasteiger partial charge in [0.25, 0.3) is 11.8 Å². The summed E-state index contributed by atoms with van der Waals surface area (Å²) in [5.41, 5.74) is 2.13. The zero-order valence-electron chi connectivity index (χ0n) is 15.5. The minimum Gasteiger partial charge on any atom is -0.269 e. The van der Waals surface area contributed by atoms with Gasteiger partial charge in [-0.25, -0.2) is 0 Å². The molecule has 0 saturated heterocycles. The van der Waals surface area contributed by atoms with Crippen molar-refractivity contribution in [3.63, 3.8) is 0 Å². The summed E-state index contributed by atoms with van der Waals surface area (Å²) in [6.45, 7) is 0. The van der Waals surface area contributed by atoms with E-state index in [2.05, 4.69) is 27.0 Å². The van der Waals surface area contributed by atoms with Gasteiger partial charge in [-0.1, -0.05) is 12.1 Å². The molecular weight excluding hydrogens is 416 g/mol. The smallest absolute Gasteiger partial charge is 0.262 e. The predicted molar refractivity (Wildman–Crippen MR) is 108 cm³/mol. The first-order chi connectivity index (χ1) is 13.5. The number of halogens is 1. The Bertz CT molecular complexity index is 984. The number of carbonyl (C=O) groups is 2. The topological polar surface area (TPSA) is 50.3 Å². The van der Waals surface area contributed by atoms with E-state index in [0.29, 0.717) is 23.0 Å². The van der Waals surface area contributed by atoms with Gasteiger partial charge in [-0.15, -0.1) is 0 Å². The number of rotatable bonds is 2. The van der Waals surface area contributed by atoms with Crippen molar-refractivity contribution in [2.75, 3.05) is 0 Å². The van der Waals surface area contributed by atoms with Gasteiger partial charge >= 0.3 is 0 Å². The van der Waals surface area contributed by atoms with Gasteiger partial charge in [0, 0.05) is 16.9 Å². The van der Waals surface area contributed by atoms with Crippen LogP contribution in [0.15, 0.2) is 47.2 Å². The summed E-state index contributed by atoms with van der Waals surface area (Å²) in [6.07, 6.45) is 10.1. The van der Waals surface area contributed by atoms with Crippen molar-refractivity contribution in [2.24, 2.45) is 11.8 Å². The molecule has 4 bridgehead atoms. The van der Waals surface area contributed by atoms with Crippen LogP contribution in [0.1, 0.15) is 64.8 Å². The Morgan fingerprint density at radius 2 is 1.61 bits per heavy atom. The molecule has 2 heterocycles. The number of hydrogen-bond donors (Lipinski definition) is 0. The first kappa shape index (κ1) is 16.9. The van der Waals surface area contributed by atoms with Crippen molar-refractivity contribution in [3.8, 4) is 0 Å². The van der Waals surface area contributed by atoms with Crippen LogP contribution < -0.4 is 0 Å². The molecule has 4 nitrogen and oxygen atoms in total. The second-order valence-electron chi connectivity index (χ2n) is 9.31. The van der Waals surface area contributed by atoms with Crippen LogP contribution in [0.4, 0.5) is 0 Å². The van der Waals surface area contributed by atoms with Crippen LogP contribution in [0.2, 0.25) is 0 Å². The summed E-state index contributed by atoms with van der Waals surface area (Å²) in [5, 5.41) is 0. The molecule has 2 atom stereocenters. The molecule has 0 N–H and O–H groups in total. The highest BCUT2D eigenvalue weighted by atomic mass is 79.9. The fraction of sp³-hybridized carbons (Fsp3) is 0.435. The third kappa shape index (κ3) is 2.08. The minimum atomic E-state index is -0.347. The van der Waals surface area contributed by atoms with Gasteiger partial charge < -0.3 is 0 Å². The first-order valence-corrected chi connectivity index (χ1v) is 10.9. The van der Waals surface area contributed by atoms with E-state index in [1.807, 2.05) is 24.5 Å². The number of nitrogens with zero attached hydrogens (tertiary/aromatic N) is 2. The van der Waals surface area contributed by atoms with Crippen molar-refractivity contribution in [3.05, 3.63) is 63.9 Å². The summed E-state index contributed by atoms with van der Waals surface area (Å²) in [5.74, 6) is 0.967. The number of pyridine rings is 1. The van der Waals surface area contributed by atoms with Gasteiger partial charge in [0.2, 0.25) is 0 Å². The summed E-state index contributed by atoms with van der Waals surface area (Å²) >= 11 is 3.72. The lowest BCUT2D eigenvalue weighted by Crippen LogP contribution is -2.65. The molecule has 2 aromatic rings. The standard InChI is InChI=1S/C23H21BrN2O2/c24-19-12-25-6-5-18(19)22-8-14-7-15(9-22)11-23(10-14,13-22)26-20(27)16-3-1-2-4-17(16)21(26)28/h1-6,12,14-15H,7-11,13H2. The van der Waals surface area contributed by atoms with Gasteiger partial charge in [-0.05, 0) is 95.5 Å². The number of aromatic nitrogens is 1. The quantitative estimate of drug-likeness (QED) is 0.639. The highest BCUT2D eigenvalue weighted by Gasteiger charge is 2.63. The van der Waals surface area contributed by atoms with Gasteiger partial charge in [0.15, 0.2) is 0 Å². The summed E-state index contributed by atoms with van der Waals surface area (Å²) in [4.78, 5) is 32.6. The Hall–Kier alpha value is -2.01. The van der Waals surface area contributed by atoms with Crippen LogP contribution in [0.3, 0.4) is 0 Å². The van der Waals surface area contributed by atoms with Gasteiger partial charge in [0.1, 0.15) is 0 Å². The van der Waals surface area contributed by atoms with E-state index in [1.165, 1.54) is 12.0 Å². The number of carbonyl (C=O) groups excluding carboxylic acids is 2. The average molecular weight is 437 g/mol. The third-order valence-corrected chi connectivity index (χ3v) is 8.27. The van der Waals surface area contributed by atoms with Crippen molar-refractivity contribution in [1.82, 2.24) is 9.88 Å². The Kier molecular flexibility index (Phi) is 3.34. The third-order valence-electron chi connectivity index (χ3n) is 7.64. The van der Waals surface area contributed by atoms with Crippen molar-refractivity contribution >= 4 is 27.7 Å². The highest BCUT2D eigenvalue weighted by molar-refractivity contribution is 9.10. The van der Waals surface area contributed by atoms with E-state index in [4.69, 9.17) is 0 Å². The molecule has 2 amide bonds. The maximum absolute atomic E-state index is 13.3. The molecule has 4 aliphatic carbocycles. The van der Waals surface area contributed by atoms with Crippen LogP contribution >= 0.6 is 15.9 Å². The molecule has 1 aliphatic heterocycles. The Morgan fingerprint density at radius 1 is 0.964 bits per heavy atom. The van der Waals surface area contributed by atoms with Crippen LogP contribution in [-0.4, -0.2) is 27.2 Å². The van der Waals surface area contributed by atoms with Crippen LogP contribution in [-0.2, 0) is 5.41 Å². The zero-order chi connectivity index (χ0) is 19.1. The van der Waals surface area contributed by atoms with E-state index in [9.17, 15) is 9.59 Å². The fourth-order valence-electron chi connectivity index (χ4n) is 7.22. The fourth-order valence-corrected chi connectivity index (χ4v) is 7.89. The van der Waals surface area contributed by atoms with Gasteiger partial charge in [-0.3, -0.25) is 19.5 Å². The first-order valence-electron chi connectivity index (χ1n) is 10.1. The molecule has 0 radical (unpaired) electrons. The SMILES string of the molecule is O=C1c2ccccc2C(=O)N1C12CC3CC(CC(c4ccncc4Br)(C3)C1)C2. The maximum atomic E-state index is 13.3. The van der Waals surface area contributed by atoms with E-state index in [1.54, 1.807) is 17.0 Å². The molecular formula is C23H21BrN2O2. The van der Waals surface area contributed by atoms with Crippen LogP contribution in [0, 0.1) is 11.8 Å². The maximum Gasteiger partial charge on any atom is 0.262 e. The van der Waals surface area contributed by atoms with Crippen molar-refractivity contribution in [1.29, 1.82) is 0 Å². The number of benzene rings is 1. The van der Waals surface area contributed by atoms with E-state index >= 15 is 0 Å². The monoisotopic (exact) mass is 436 g/mol. The van der Waals surface area contributed by atoms with Gasteiger partial charge in [-0.2, -0.15) is 0 Å². The molecule has 5 heteroatoms. The normalized spacial score (nSPS) is 35.5. The molecule has 4 fully saturated rings. The number of fused-ring (bicyclic) bond motifs is 1. The molecule has 142 valence electrons. The Morgan fingerprint density at radius 3 is 2.21 bits per heavy atom. The molecule has 1 aromatic carbocycles. The van der Waals surface area contributed by atoms with E-state index in [-0.39, 0.29) is 22.8 Å². The molecule has 5 aliphatic rings. The lowest BCUT2D eigenvalue weighted by Gasteiger charge is -2.64. The number of imide groups is 1. The summed E-state index contributed by atoms with van der Waals surface area (Å²) < 4.78 is 1.05. The Balaban J connectivity index is 1.48. The van der Waals surface area contributed by atoms with E-state index in [0.717, 1.165) is 36.6 Å². The predicted octanol–water partition coefficient (Wildman–Crippen LogP) is 4.73. The highest BCUT2D eigenvalue weighted by Crippen LogP contribution is 2.65. The number of amides is 2. The molecule has 28 heavy (non-hydrogen) atoms. The summed E-state index contributed by atoms with van der Waals surface area (Å²) in [7, 11) is 0. The average Bonchev–Trinajstić information content (AvgIpc) is 2.92. The molecule has 2 unspecified atom stereocenters. The number of hydrogen-bond acceptors (Lipinski definition) is 3. The molecule has 4 saturated carbocycles. The zero-order valence-corrected chi connectivity index (χ0v) is 17.1. The van der Waals surface area contributed by atoms with Crippen molar-refractivity contribution in [2.45, 2.75) is 49.5 Å². The molecule has 7 rings (SSSR count). The molecule has 1 aromatic heterocycles. The lowest BCUT2D eigenvalue weighted by molar-refractivity contribution is -0.0775. The molecule has 0 spiro atoms. The lowest BCUT2D eigenvalue weighted by atomic mass is 9.45. The Labute approximate surface area is 172 Å².